The molecule has 0 radical (unpaired) electrons. The molecule has 3 aromatic carbocycles. The number of amides is 3. The predicted molar refractivity (Wildman–Crippen MR) is 128 cm³/mol. The van der Waals surface area contributed by atoms with E-state index in [9.17, 15) is 9.59 Å². The van der Waals surface area contributed by atoms with E-state index in [1.54, 1.807) is 50.4 Å². The molecule has 1 unspecified atom stereocenters. The normalized spacial score (nSPS) is 15.2. The third kappa shape index (κ3) is 5.63. The summed E-state index contributed by atoms with van der Waals surface area (Å²) in [4.78, 5) is 27.2. The van der Waals surface area contributed by atoms with Gasteiger partial charge < -0.3 is 25.0 Å². The molecule has 1 aliphatic heterocycles. The Balaban J connectivity index is 1.45. The van der Waals surface area contributed by atoms with Gasteiger partial charge in [0.1, 0.15) is 11.5 Å². The number of fused-ring (bicyclic) bond motifs is 1. The Labute approximate surface area is 193 Å². The van der Waals surface area contributed by atoms with Gasteiger partial charge in [0.25, 0.3) is 5.91 Å². The zero-order valence-corrected chi connectivity index (χ0v) is 18.7. The molecule has 0 aromatic heterocycles. The lowest BCUT2D eigenvalue weighted by Crippen LogP contribution is -2.39. The van der Waals surface area contributed by atoms with Gasteiger partial charge >= 0.3 is 6.03 Å². The number of nitrogens with one attached hydrogen (secondary N) is 2. The van der Waals surface area contributed by atoms with E-state index in [4.69, 9.17) is 9.47 Å². The second kappa shape index (κ2) is 10.1. The first-order chi connectivity index (χ1) is 16.0. The van der Waals surface area contributed by atoms with Gasteiger partial charge in [0.2, 0.25) is 0 Å². The number of methoxy groups -OCH3 is 1. The summed E-state index contributed by atoms with van der Waals surface area (Å²) in [7, 11) is 1.58. The molecule has 7 nitrogen and oxygen atoms in total. The largest absolute Gasteiger partial charge is 0.497 e. The van der Waals surface area contributed by atoms with Crippen LogP contribution in [0, 0.1) is 0 Å². The number of carbonyl (C=O) groups excluding carboxylic acids is 2. The molecule has 33 heavy (non-hydrogen) atoms. The fraction of sp³-hybridized carbons (Fsp3) is 0.231. The minimum Gasteiger partial charge on any atom is -0.497 e. The monoisotopic (exact) mass is 445 g/mol. The van der Waals surface area contributed by atoms with Crippen molar-refractivity contribution in [2.45, 2.75) is 26.0 Å². The van der Waals surface area contributed by atoms with Crippen molar-refractivity contribution in [3.05, 3.63) is 83.9 Å². The maximum Gasteiger partial charge on any atom is 0.323 e. The highest BCUT2D eigenvalue weighted by atomic mass is 16.5. The number of benzene rings is 3. The molecular formula is C26H27N3O4. The molecule has 0 fully saturated rings. The maximum atomic E-state index is 12.9. The molecule has 3 amide bonds. The Morgan fingerprint density at radius 3 is 2.55 bits per heavy atom. The summed E-state index contributed by atoms with van der Waals surface area (Å²) in [5.74, 6) is 1.26. The van der Waals surface area contributed by atoms with Crippen LogP contribution in [0.4, 0.5) is 16.2 Å². The maximum absolute atomic E-state index is 12.9. The zero-order chi connectivity index (χ0) is 23.2. The van der Waals surface area contributed by atoms with E-state index in [1.807, 2.05) is 29.2 Å². The van der Waals surface area contributed by atoms with E-state index in [0.29, 0.717) is 36.0 Å². The first-order valence-electron chi connectivity index (χ1n) is 10.9. The van der Waals surface area contributed by atoms with E-state index < -0.39 is 6.10 Å². The summed E-state index contributed by atoms with van der Waals surface area (Å²) in [5, 5.41) is 5.64. The molecule has 0 bridgehead atoms. The van der Waals surface area contributed by atoms with E-state index in [2.05, 4.69) is 22.8 Å². The lowest BCUT2D eigenvalue weighted by Gasteiger charge is -2.22. The van der Waals surface area contributed by atoms with Crippen molar-refractivity contribution in [3.63, 3.8) is 0 Å². The molecule has 0 aliphatic carbocycles. The number of hydrogen-bond acceptors (Lipinski definition) is 4. The number of nitrogens with zero attached hydrogens (tertiary/aromatic N) is 1. The number of ether oxygens (including phenoxy) is 2. The first kappa shape index (κ1) is 22.2. The molecule has 0 saturated carbocycles. The van der Waals surface area contributed by atoms with Gasteiger partial charge in [-0.15, -0.1) is 0 Å². The summed E-state index contributed by atoms with van der Waals surface area (Å²) in [6, 6.07) is 22.2. The van der Waals surface area contributed by atoms with Crippen LogP contribution in [0.2, 0.25) is 0 Å². The third-order valence-corrected chi connectivity index (χ3v) is 5.48. The highest BCUT2D eigenvalue weighted by molar-refractivity contribution is 6.00. The molecule has 0 spiro atoms. The summed E-state index contributed by atoms with van der Waals surface area (Å²) in [5.41, 5.74) is 3.26. The van der Waals surface area contributed by atoms with E-state index in [0.717, 1.165) is 12.0 Å². The average molecular weight is 446 g/mol. The van der Waals surface area contributed by atoms with Crippen molar-refractivity contribution < 1.29 is 19.1 Å². The zero-order valence-electron chi connectivity index (χ0n) is 18.7. The van der Waals surface area contributed by atoms with Crippen molar-refractivity contribution in [1.82, 2.24) is 4.90 Å². The minimum absolute atomic E-state index is 0.0487. The van der Waals surface area contributed by atoms with Crippen molar-refractivity contribution >= 4 is 23.3 Å². The van der Waals surface area contributed by atoms with Gasteiger partial charge in [0, 0.05) is 36.1 Å². The topological polar surface area (TPSA) is 79.9 Å². The lowest BCUT2D eigenvalue weighted by atomic mass is 10.1. The molecule has 1 atom stereocenters. The van der Waals surface area contributed by atoms with Crippen molar-refractivity contribution in [2.75, 3.05) is 24.3 Å². The minimum atomic E-state index is -0.572. The van der Waals surface area contributed by atoms with Crippen molar-refractivity contribution in [2.24, 2.45) is 0 Å². The lowest BCUT2D eigenvalue weighted by molar-refractivity contribution is -0.137. The van der Waals surface area contributed by atoms with Crippen LogP contribution in [0.5, 0.6) is 11.5 Å². The Hall–Kier alpha value is -4.00. The van der Waals surface area contributed by atoms with Crippen molar-refractivity contribution in [1.29, 1.82) is 0 Å². The van der Waals surface area contributed by atoms with Crippen LogP contribution in [0.25, 0.3) is 0 Å². The quantitative estimate of drug-likeness (QED) is 0.577. The number of carbonyl (C=O) groups is 2. The number of hydrogen-bond donors (Lipinski definition) is 2. The van der Waals surface area contributed by atoms with Gasteiger partial charge in [-0.2, -0.15) is 0 Å². The molecule has 3 aromatic rings. The highest BCUT2D eigenvalue weighted by Gasteiger charge is 2.27. The first-order valence-corrected chi connectivity index (χ1v) is 10.9. The number of urea groups is 1. The van der Waals surface area contributed by atoms with Gasteiger partial charge in [-0.05, 0) is 49.2 Å². The number of anilines is 2. The molecule has 7 heteroatoms. The Kier molecular flexibility index (Phi) is 6.78. The van der Waals surface area contributed by atoms with Crippen LogP contribution in [0.1, 0.15) is 18.1 Å². The third-order valence-electron chi connectivity index (χ3n) is 5.48. The van der Waals surface area contributed by atoms with Crippen molar-refractivity contribution in [3.8, 4) is 11.5 Å². The SMILES string of the molecule is COc1cccc(NC(=O)Nc2ccc3c(c2)CN(CCc2ccccc2)C(=O)C(C)O3)c1. The second-order valence-electron chi connectivity index (χ2n) is 7.89. The molecule has 2 N–H and O–H groups in total. The molecule has 1 aliphatic rings. The summed E-state index contributed by atoms with van der Waals surface area (Å²) in [6.45, 7) is 2.77. The predicted octanol–water partition coefficient (Wildman–Crippen LogP) is 4.69. The van der Waals surface area contributed by atoms with Gasteiger partial charge in [0.15, 0.2) is 6.10 Å². The Bertz CT molecular complexity index is 1130. The molecule has 1 heterocycles. The van der Waals surface area contributed by atoms with Crippen LogP contribution < -0.4 is 20.1 Å². The van der Waals surface area contributed by atoms with Crippen LogP contribution in [-0.4, -0.2) is 36.6 Å². The van der Waals surface area contributed by atoms with Crippen LogP contribution in [-0.2, 0) is 17.8 Å². The van der Waals surface area contributed by atoms with E-state index >= 15 is 0 Å². The smallest absolute Gasteiger partial charge is 0.323 e. The molecular weight excluding hydrogens is 418 g/mol. The van der Waals surface area contributed by atoms with E-state index in [-0.39, 0.29) is 11.9 Å². The highest BCUT2D eigenvalue weighted by Crippen LogP contribution is 2.29. The van der Waals surface area contributed by atoms with Gasteiger partial charge in [-0.3, -0.25) is 4.79 Å². The van der Waals surface area contributed by atoms with Crippen LogP contribution in [0.15, 0.2) is 72.8 Å². The number of rotatable bonds is 6. The summed E-state index contributed by atoms with van der Waals surface area (Å²) in [6.07, 6.45) is 0.187. The molecule has 0 saturated heterocycles. The molecule has 4 rings (SSSR count). The van der Waals surface area contributed by atoms with Crippen LogP contribution >= 0.6 is 0 Å². The van der Waals surface area contributed by atoms with Gasteiger partial charge in [-0.1, -0.05) is 36.4 Å². The van der Waals surface area contributed by atoms with Crippen LogP contribution in [0.3, 0.4) is 0 Å². The Morgan fingerprint density at radius 2 is 1.79 bits per heavy atom. The second-order valence-corrected chi connectivity index (χ2v) is 7.89. The Morgan fingerprint density at radius 1 is 1.03 bits per heavy atom. The van der Waals surface area contributed by atoms with Gasteiger partial charge in [0.05, 0.1) is 7.11 Å². The van der Waals surface area contributed by atoms with E-state index in [1.165, 1.54) is 5.56 Å². The fourth-order valence-corrected chi connectivity index (χ4v) is 3.77. The van der Waals surface area contributed by atoms with Gasteiger partial charge in [-0.25, -0.2) is 4.79 Å². The average Bonchev–Trinajstić information content (AvgIpc) is 2.94. The molecule has 170 valence electrons. The fourth-order valence-electron chi connectivity index (χ4n) is 3.77. The summed E-state index contributed by atoms with van der Waals surface area (Å²) < 4.78 is 11.1. The summed E-state index contributed by atoms with van der Waals surface area (Å²) >= 11 is 0. The standard InChI is InChI=1S/C26H27N3O4/c1-18-25(30)29(14-13-19-7-4-3-5-8-19)17-20-15-22(11-12-24(20)33-18)28-26(31)27-21-9-6-10-23(16-21)32-2/h3-12,15-16,18H,13-14,17H2,1-2H3,(H2,27,28,31).